The van der Waals surface area contributed by atoms with E-state index in [4.69, 9.17) is 9.47 Å². The fraction of sp³-hybridized carbons (Fsp3) is 0.125. The van der Waals surface area contributed by atoms with Crippen LogP contribution in [0.4, 0.5) is 0 Å². The molecule has 3 N–H and O–H groups in total. The first-order valence-electron chi connectivity index (χ1n) is 9.36. The molecule has 6 heteroatoms. The van der Waals surface area contributed by atoms with Gasteiger partial charge in [0.2, 0.25) is 0 Å². The second-order valence-electron chi connectivity index (χ2n) is 7.03. The van der Waals surface area contributed by atoms with Crippen LogP contribution in [-0.4, -0.2) is 28.4 Å². The van der Waals surface area contributed by atoms with Gasteiger partial charge in [-0.2, -0.15) is 0 Å². The van der Waals surface area contributed by atoms with Crippen LogP contribution in [0.3, 0.4) is 0 Å². The molecule has 1 aliphatic heterocycles. The van der Waals surface area contributed by atoms with Crippen molar-refractivity contribution in [2.24, 2.45) is 0 Å². The highest BCUT2D eigenvalue weighted by molar-refractivity contribution is 5.82. The summed E-state index contributed by atoms with van der Waals surface area (Å²) in [6.07, 6.45) is 3.79. The minimum Gasteiger partial charge on any atom is -0.508 e. The Morgan fingerprint density at radius 2 is 1.73 bits per heavy atom. The first-order valence-corrected chi connectivity index (χ1v) is 9.36. The summed E-state index contributed by atoms with van der Waals surface area (Å²) in [7, 11) is 1.46. The van der Waals surface area contributed by atoms with Crippen molar-refractivity contribution in [2.45, 2.75) is 12.3 Å². The number of ether oxygens (including phenoxy) is 2. The molecule has 6 nitrogen and oxygen atoms in total. The van der Waals surface area contributed by atoms with Crippen molar-refractivity contribution in [3.8, 4) is 28.7 Å². The molecule has 3 aromatic rings. The predicted octanol–water partition coefficient (Wildman–Crippen LogP) is 4.42. The lowest BCUT2D eigenvalue weighted by Crippen LogP contribution is -2.22. The minimum absolute atomic E-state index is 0.0121. The van der Waals surface area contributed by atoms with Crippen LogP contribution in [0.2, 0.25) is 0 Å². The third-order valence-electron chi connectivity index (χ3n) is 5.06. The lowest BCUT2D eigenvalue weighted by Gasteiger charge is -2.27. The van der Waals surface area contributed by atoms with Crippen LogP contribution in [0.15, 0.2) is 54.6 Å². The highest BCUT2D eigenvalue weighted by Crippen LogP contribution is 2.44. The summed E-state index contributed by atoms with van der Waals surface area (Å²) in [6.45, 7) is 0. The zero-order valence-corrected chi connectivity index (χ0v) is 16.2. The van der Waals surface area contributed by atoms with E-state index >= 15 is 0 Å². The van der Waals surface area contributed by atoms with Crippen molar-refractivity contribution in [3.63, 3.8) is 0 Å². The van der Waals surface area contributed by atoms with Crippen LogP contribution in [0.1, 0.15) is 34.6 Å². The Balaban J connectivity index is 1.82. The molecule has 0 saturated carbocycles. The summed E-state index contributed by atoms with van der Waals surface area (Å²) < 4.78 is 10.6. The monoisotopic (exact) mass is 404 g/mol. The first-order chi connectivity index (χ1) is 14.4. The second-order valence-corrected chi connectivity index (χ2v) is 7.03. The number of aromatic hydroxyl groups is 3. The molecule has 0 amide bonds. The number of benzene rings is 3. The standard InChI is InChI=1S/C24H20O6/c1-29-21-11-15(6-9-20(21)27)19-13-23(28)30-22-12-18(26)10-16(24(19)22)5-2-14-3-7-17(25)8-4-14/h2-12,19,25-27H,13H2,1H3/b5-2+. The van der Waals surface area contributed by atoms with Gasteiger partial charge in [0, 0.05) is 17.5 Å². The van der Waals surface area contributed by atoms with E-state index in [1.165, 1.54) is 19.2 Å². The third-order valence-corrected chi connectivity index (χ3v) is 5.06. The summed E-state index contributed by atoms with van der Waals surface area (Å²) in [5.74, 6) is 0.0417. The smallest absolute Gasteiger partial charge is 0.312 e. The predicted molar refractivity (Wildman–Crippen MR) is 112 cm³/mol. The van der Waals surface area contributed by atoms with Crippen molar-refractivity contribution in [1.82, 2.24) is 0 Å². The van der Waals surface area contributed by atoms with Gasteiger partial charge in [-0.25, -0.2) is 0 Å². The van der Waals surface area contributed by atoms with Crippen molar-refractivity contribution >= 4 is 18.1 Å². The number of esters is 1. The molecule has 1 heterocycles. The summed E-state index contributed by atoms with van der Waals surface area (Å²) >= 11 is 0. The van der Waals surface area contributed by atoms with E-state index in [9.17, 15) is 20.1 Å². The Hall–Kier alpha value is -3.93. The van der Waals surface area contributed by atoms with E-state index in [0.717, 1.165) is 16.7 Å². The zero-order valence-electron chi connectivity index (χ0n) is 16.2. The molecule has 0 fully saturated rings. The van der Waals surface area contributed by atoms with Gasteiger partial charge in [0.05, 0.1) is 13.5 Å². The largest absolute Gasteiger partial charge is 0.508 e. The van der Waals surface area contributed by atoms with Gasteiger partial charge in [0.1, 0.15) is 17.2 Å². The highest BCUT2D eigenvalue weighted by atomic mass is 16.5. The third kappa shape index (κ3) is 3.80. The Morgan fingerprint density at radius 3 is 2.47 bits per heavy atom. The van der Waals surface area contributed by atoms with Crippen molar-refractivity contribution in [1.29, 1.82) is 0 Å². The van der Waals surface area contributed by atoms with Crippen molar-refractivity contribution < 1.29 is 29.6 Å². The van der Waals surface area contributed by atoms with Crippen LogP contribution >= 0.6 is 0 Å². The van der Waals surface area contributed by atoms with E-state index in [0.29, 0.717) is 17.1 Å². The Bertz CT molecular complexity index is 1130. The van der Waals surface area contributed by atoms with Crippen LogP contribution in [0.25, 0.3) is 12.2 Å². The molecule has 0 bridgehead atoms. The molecular formula is C24H20O6. The van der Waals surface area contributed by atoms with Crippen molar-refractivity contribution in [2.75, 3.05) is 7.11 Å². The van der Waals surface area contributed by atoms with E-state index in [-0.39, 0.29) is 29.6 Å². The molecule has 152 valence electrons. The number of hydrogen-bond acceptors (Lipinski definition) is 6. The van der Waals surface area contributed by atoms with Gasteiger partial charge in [-0.05, 0) is 47.0 Å². The fourth-order valence-corrected chi connectivity index (χ4v) is 3.63. The van der Waals surface area contributed by atoms with Gasteiger partial charge in [0.15, 0.2) is 11.5 Å². The number of fused-ring (bicyclic) bond motifs is 1. The number of carbonyl (C=O) groups is 1. The molecule has 1 unspecified atom stereocenters. The number of phenolic OH excluding ortho intramolecular Hbond substituents is 3. The quantitative estimate of drug-likeness (QED) is 0.338. The molecule has 1 aliphatic rings. The maximum absolute atomic E-state index is 12.2. The van der Waals surface area contributed by atoms with Gasteiger partial charge in [-0.3, -0.25) is 4.79 Å². The number of methoxy groups -OCH3 is 1. The normalized spacial score (nSPS) is 15.6. The Kier molecular flexibility index (Phi) is 5.06. The number of carbonyl (C=O) groups excluding carboxylic acids is 1. The summed E-state index contributed by atoms with van der Waals surface area (Å²) in [5.41, 5.74) is 3.10. The van der Waals surface area contributed by atoms with Gasteiger partial charge < -0.3 is 24.8 Å². The molecule has 30 heavy (non-hydrogen) atoms. The Morgan fingerprint density at radius 1 is 0.967 bits per heavy atom. The summed E-state index contributed by atoms with van der Waals surface area (Å²) in [4.78, 5) is 12.2. The van der Waals surface area contributed by atoms with Crippen LogP contribution in [0.5, 0.6) is 28.7 Å². The fourth-order valence-electron chi connectivity index (χ4n) is 3.63. The van der Waals surface area contributed by atoms with E-state index < -0.39 is 5.97 Å². The average Bonchev–Trinajstić information content (AvgIpc) is 2.72. The SMILES string of the molecule is COc1cc(C2CC(=O)Oc3cc(O)cc(/C=C/c4ccc(O)cc4)c32)ccc1O. The van der Waals surface area contributed by atoms with Crippen LogP contribution < -0.4 is 9.47 Å². The maximum Gasteiger partial charge on any atom is 0.312 e. The highest BCUT2D eigenvalue weighted by Gasteiger charge is 2.31. The second kappa shape index (κ2) is 7.83. The number of rotatable bonds is 4. The molecular weight excluding hydrogens is 384 g/mol. The van der Waals surface area contributed by atoms with E-state index in [1.54, 1.807) is 42.5 Å². The summed E-state index contributed by atoms with van der Waals surface area (Å²) in [6, 6.07) is 14.7. The molecule has 0 radical (unpaired) electrons. The van der Waals surface area contributed by atoms with Gasteiger partial charge >= 0.3 is 5.97 Å². The van der Waals surface area contributed by atoms with Crippen molar-refractivity contribution in [3.05, 3.63) is 76.9 Å². The molecule has 4 rings (SSSR count). The summed E-state index contributed by atoms with van der Waals surface area (Å²) in [5, 5.41) is 29.5. The molecule has 0 spiro atoms. The van der Waals surface area contributed by atoms with E-state index in [2.05, 4.69) is 0 Å². The van der Waals surface area contributed by atoms with E-state index in [1.807, 2.05) is 12.2 Å². The molecule has 3 aromatic carbocycles. The lowest BCUT2D eigenvalue weighted by atomic mass is 9.83. The molecule has 1 atom stereocenters. The molecule has 0 saturated heterocycles. The Labute approximate surface area is 173 Å². The van der Waals surface area contributed by atoms with Crippen LogP contribution in [-0.2, 0) is 4.79 Å². The zero-order chi connectivity index (χ0) is 21.3. The van der Waals surface area contributed by atoms with Gasteiger partial charge in [-0.15, -0.1) is 0 Å². The topological polar surface area (TPSA) is 96.2 Å². The van der Waals surface area contributed by atoms with Gasteiger partial charge in [-0.1, -0.05) is 30.4 Å². The maximum atomic E-state index is 12.2. The average molecular weight is 404 g/mol. The first kappa shape index (κ1) is 19.4. The molecule has 0 aromatic heterocycles. The molecule has 0 aliphatic carbocycles. The number of phenols is 3. The minimum atomic E-state index is -0.404. The number of hydrogen-bond donors (Lipinski definition) is 3. The lowest BCUT2D eigenvalue weighted by molar-refractivity contribution is -0.135. The van der Waals surface area contributed by atoms with Crippen LogP contribution in [0, 0.1) is 0 Å². The van der Waals surface area contributed by atoms with Gasteiger partial charge in [0.25, 0.3) is 0 Å².